The Morgan fingerprint density at radius 1 is 1.13 bits per heavy atom. The molecule has 3 aromatic rings. The van der Waals surface area contributed by atoms with Crippen molar-refractivity contribution in [2.45, 2.75) is 13.3 Å². The number of anilines is 1. The SMILES string of the molecule is COC(=O)c1cc(-c2ccc(NS(=O)(=O)CCc3cccc(Cl)c3Cl)cc2)oc1C. The Hall–Kier alpha value is -2.48. The molecule has 0 unspecified atom stereocenters. The fourth-order valence-electron chi connectivity index (χ4n) is 2.86. The van der Waals surface area contributed by atoms with Gasteiger partial charge in [-0.3, -0.25) is 4.72 Å². The molecule has 0 atom stereocenters. The van der Waals surface area contributed by atoms with Gasteiger partial charge in [0.05, 0.1) is 22.9 Å². The zero-order chi connectivity index (χ0) is 21.9. The van der Waals surface area contributed by atoms with Gasteiger partial charge in [0.1, 0.15) is 17.1 Å². The quantitative estimate of drug-likeness (QED) is 0.474. The molecule has 6 nitrogen and oxygen atoms in total. The van der Waals surface area contributed by atoms with Crippen LogP contribution < -0.4 is 4.72 Å². The van der Waals surface area contributed by atoms with E-state index in [9.17, 15) is 13.2 Å². The van der Waals surface area contributed by atoms with Crippen LogP contribution in [0.15, 0.2) is 52.9 Å². The lowest BCUT2D eigenvalue weighted by atomic mass is 10.1. The highest BCUT2D eigenvalue weighted by molar-refractivity contribution is 7.92. The van der Waals surface area contributed by atoms with E-state index in [1.54, 1.807) is 55.5 Å². The summed E-state index contributed by atoms with van der Waals surface area (Å²) >= 11 is 12.1. The lowest BCUT2D eigenvalue weighted by molar-refractivity contribution is 0.0599. The second-order valence-electron chi connectivity index (χ2n) is 6.53. The van der Waals surface area contributed by atoms with Gasteiger partial charge >= 0.3 is 5.97 Å². The van der Waals surface area contributed by atoms with Gasteiger partial charge in [-0.2, -0.15) is 0 Å². The van der Waals surface area contributed by atoms with Crippen LogP contribution in [-0.2, 0) is 21.2 Å². The number of methoxy groups -OCH3 is 1. The zero-order valence-electron chi connectivity index (χ0n) is 16.2. The van der Waals surface area contributed by atoms with Crippen LogP contribution in [0.1, 0.15) is 21.7 Å². The molecule has 0 spiro atoms. The number of ether oxygens (including phenoxy) is 1. The number of halogens is 2. The number of hydrogen-bond acceptors (Lipinski definition) is 5. The molecule has 0 amide bonds. The van der Waals surface area contributed by atoms with Gasteiger partial charge in [-0.1, -0.05) is 35.3 Å². The predicted octanol–water partition coefficient (Wildman–Crippen LogP) is 5.33. The fraction of sp³-hybridized carbons (Fsp3) is 0.190. The van der Waals surface area contributed by atoms with Crippen molar-refractivity contribution in [2.75, 3.05) is 17.6 Å². The third kappa shape index (κ3) is 5.16. The van der Waals surface area contributed by atoms with E-state index in [1.807, 2.05) is 0 Å². The summed E-state index contributed by atoms with van der Waals surface area (Å²) in [6.45, 7) is 1.67. The molecule has 1 aromatic heterocycles. The van der Waals surface area contributed by atoms with E-state index in [-0.39, 0.29) is 12.2 Å². The van der Waals surface area contributed by atoms with E-state index in [1.165, 1.54) is 7.11 Å². The molecule has 0 aliphatic rings. The molecule has 3 rings (SSSR count). The first-order chi connectivity index (χ1) is 14.2. The highest BCUT2D eigenvalue weighted by atomic mass is 35.5. The average molecular weight is 468 g/mol. The normalized spacial score (nSPS) is 11.3. The summed E-state index contributed by atoms with van der Waals surface area (Å²) in [6, 6.07) is 13.3. The van der Waals surface area contributed by atoms with Crippen LogP contribution in [0.2, 0.25) is 10.0 Å². The number of rotatable bonds is 7. The monoisotopic (exact) mass is 467 g/mol. The Balaban J connectivity index is 1.69. The van der Waals surface area contributed by atoms with Crippen molar-refractivity contribution in [1.29, 1.82) is 0 Å². The van der Waals surface area contributed by atoms with Gasteiger partial charge in [-0.25, -0.2) is 13.2 Å². The third-order valence-electron chi connectivity index (χ3n) is 4.44. The highest BCUT2D eigenvalue weighted by Crippen LogP contribution is 2.28. The predicted molar refractivity (Wildman–Crippen MR) is 118 cm³/mol. The molecule has 1 heterocycles. The highest BCUT2D eigenvalue weighted by Gasteiger charge is 2.17. The van der Waals surface area contributed by atoms with Gasteiger partial charge in [0.25, 0.3) is 0 Å². The molecule has 0 aliphatic heterocycles. The number of benzene rings is 2. The van der Waals surface area contributed by atoms with Gasteiger partial charge in [0.15, 0.2) is 0 Å². The molecule has 30 heavy (non-hydrogen) atoms. The minimum absolute atomic E-state index is 0.144. The number of carbonyl (C=O) groups excluding carboxylic acids is 1. The Morgan fingerprint density at radius 3 is 2.50 bits per heavy atom. The van der Waals surface area contributed by atoms with E-state index in [0.717, 1.165) is 0 Å². The van der Waals surface area contributed by atoms with Crippen LogP contribution in [0.25, 0.3) is 11.3 Å². The van der Waals surface area contributed by atoms with E-state index in [0.29, 0.717) is 43.9 Å². The molecule has 9 heteroatoms. The van der Waals surface area contributed by atoms with Crippen LogP contribution in [0.4, 0.5) is 5.69 Å². The minimum Gasteiger partial charge on any atom is -0.465 e. The minimum atomic E-state index is -3.59. The maximum Gasteiger partial charge on any atom is 0.341 e. The van der Waals surface area contributed by atoms with E-state index < -0.39 is 16.0 Å². The molecule has 0 saturated carbocycles. The first kappa shape index (κ1) is 22.2. The molecule has 158 valence electrons. The van der Waals surface area contributed by atoms with Gasteiger partial charge < -0.3 is 9.15 Å². The standard InChI is InChI=1S/C21H19Cl2NO5S/c1-13-17(21(25)28-2)12-19(29-13)14-6-8-16(9-7-14)24-30(26,27)11-10-15-4-3-5-18(22)20(15)23/h3-9,12,24H,10-11H2,1-2H3. The first-order valence-electron chi connectivity index (χ1n) is 8.93. The fourth-order valence-corrected chi connectivity index (χ4v) is 4.36. The lowest BCUT2D eigenvalue weighted by Crippen LogP contribution is -2.18. The van der Waals surface area contributed by atoms with Crippen molar-refractivity contribution in [1.82, 2.24) is 0 Å². The first-order valence-corrected chi connectivity index (χ1v) is 11.3. The largest absolute Gasteiger partial charge is 0.465 e. The number of aryl methyl sites for hydroxylation is 2. The number of furan rings is 1. The van der Waals surface area contributed by atoms with E-state index in [4.69, 9.17) is 32.4 Å². The summed E-state index contributed by atoms with van der Waals surface area (Å²) < 4.78 is 37.7. The Morgan fingerprint density at radius 2 is 1.83 bits per heavy atom. The van der Waals surface area contributed by atoms with Crippen LogP contribution >= 0.6 is 23.2 Å². The molecule has 0 radical (unpaired) electrons. The molecule has 0 aliphatic carbocycles. The molecule has 2 aromatic carbocycles. The molecule has 1 N–H and O–H groups in total. The summed E-state index contributed by atoms with van der Waals surface area (Å²) in [5.74, 6) is 0.306. The molecule has 0 fully saturated rings. The van der Waals surface area contributed by atoms with E-state index >= 15 is 0 Å². The molecule has 0 bridgehead atoms. The van der Waals surface area contributed by atoms with Gasteiger partial charge in [-0.05, 0) is 55.3 Å². The van der Waals surface area contributed by atoms with Crippen LogP contribution in [-0.4, -0.2) is 27.2 Å². The van der Waals surface area contributed by atoms with Crippen molar-refractivity contribution >= 4 is 44.9 Å². The number of hydrogen-bond donors (Lipinski definition) is 1. The summed E-state index contributed by atoms with van der Waals surface area (Å²) in [5.41, 5.74) is 2.12. The maximum atomic E-state index is 12.4. The van der Waals surface area contributed by atoms with Crippen molar-refractivity contribution in [3.63, 3.8) is 0 Å². The zero-order valence-corrected chi connectivity index (χ0v) is 18.6. The summed E-state index contributed by atoms with van der Waals surface area (Å²) in [6.07, 6.45) is 0.231. The Kier molecular flexibility index (Phi) is 6.75. The third-order valence-corrected chi connectivity index (χ3v) is 6.58. The smallest absolute Gasteiger partial charge is 0.341 e. The average Bonchev–Trinajstić information content (AvgIpc) is 3.10. The van der Waals surface area contributed by atoms with Crippen LogP contribution in [0.5, 0.6) is 0 Å². The summed E-state index contributed by atoms with van der Waals surface area (Å²) in [4.78, 5) is 11.7. The van der Waals surface area contributed by atoms with Crippen LogP contribution in [0, 0.1) is 6.92 Å². The Labute approximate surface area is 184 Å². The lowest BCUT2D eigenvalue weighted by Gasteiger charge is -2.10. The maximum absolute atomic E-state index is 12.4. The van der Waals surface area contributed by atoms with Crippen LogP contribution in [0.3, 0.4) is 0 Å². The van der Waals surface area contributed by atoms with Gasteiger partial charge in [0.2, 0.25) is 10.0 Å². The Bertz CT molecular complexity index is 1170. The van der Waals surface area contributed by atoms with Crippen molar-refractivity contribution in [3.8, 4) is 11.3 Å². The molecule has 0 saturated heterocycles. The number of sulfonamides is 1. The number of carbonyl (C=O) groups is 1. The topological polar surface area (TPSA) is 85.6 Å². The second-order valence-corrected chi connectivity index (χ2v) is 9.16. The number of nitrogens with one attached hydrogen (secondary N) is 1. The van der Waals surface area contributed by atoms with Crippen molar-refractivity contribution < 1.29 is 22.4 Å². The van der Waals surface area contributed by atoms with E-state index in [2.05, 4.69) is 4.72 Å². The number of esters is 1. The van der Waals surface area contributed by atoms with Crippen molar-refractivity contribution in [3.05, 3.63) is 75.5 Å². The van der Waals surface area contributed by atoms with Gasteiger partial charge in [0, 0.05) is 11.3 Å². The summed E-state index contributed by atoms with van der Waals surface area (Å²) in [5, 5.41) is 0.748. The van der Waals surface area contributed by atoms with Crippen molar-refractivity contribution in [2.24, 2.45) is 0 Å². The molecular formula is C21H19Cl2NO5S. The molecular weight excluding hydrogens is 449 g/mol. The second kappa shape index (κ2) is 9.12. The van der Waals surface area contributed by atoms with Gasteiger partial charge in [-0.15, -0.1) is 0 Å². The summed E-state index contributed by atoms with van der Waals surface area (Å²) in [7, 11) is -2.29.